The smallest absolute Gasteiger partial charge is 0.297 e. The Balaban J connectivity index is 2.50. The van der Waals surface area contributed by atoms with Crippen molar-refractivity contribution in [2.75, 3.05) is 0 Å². The molecule has 0 amide bonds. The average molecular weight is 285 g/mol. The van der Waals surface area contributed by atoms with Crippen LogP contribution in [0.15, 0.2) is 9.59 Å². The molecular formula is C14H21ClN2O2. The molecule has 2 rings (SSSR count). The molecule has 0 saturated heterocycles. The van der Waals surface area contributed by atoms with Gasteiger partial charge in [-0.25, -0.2) is 4.79 Å². The lowest BCUT2D eigenvalue weighted by Gasteiger charge is -2.21. The van der Waals surface area contributed by atoms with Gasteiger partial charge in [-0.05, 0) is 30.1 Å². The molecule has 19 heavy (non-hydrogen) atoms. The van der Waals surface area contributed by atoms with Crippen molar-refractivity contribution in [1.82, 2.24) is 9.55 Å². The van der Waals surface area contributed by atoms with Gasteiger partial charge in [0.15, 0.2) is 0 Å². The zero-order valence-electron chi connectivity index (χ0n) is 11.9. The molecule has 0 aromatic carbocycles. The lowest BCUT2D eigenvalue weighted by atomic mass is 9.92. The minimum atomic E-state index is -0.397. The molecule has 5 heteroatoms. The molecule has 1 heterocycles. The SMILES string of the molecule is CC(C)c1c(Cl)[nH]c(=O)n(CC2(C(C)C)CC2)c1=O. The van der Waals surface area contributed by atoms with Gasteiger partial charge in [0.2, 0.25) is 0 Å². The van der Waals surface area contributed by atoms with E-state index < -0.39 is 5.69 Å². The monoisotopic (exact) mass is 284 g/mol. The first kappa shape index (κ1) is 14.4. The molecule has 4 nitrogen and oxygen atoms in total. The first-order chi connectivity index (χ1) is 8.78. The number of rotatable bonds is 4. The maximum Gasteiger partial charge on any atom is 0.329 e. The Kier molecular flexibility index (Phi) is 3.65. The van der Waals surface area contributed by atoms with E-state index in [1.807, 2.05) is 13.8 Å². The predicted octanol–water partition coefficient (Wildman–Crippen LogP) is 2.75. The molecule has 1 aliphatic carbocycles. The van der Waals surface area contributed by atoms with E-state index in [-0.39, 0.29) is 22.0 Å². The van der Waals surface area contributed by atoms with Crippen molar-refractivity contribution in [3.63, 3.8) is 0 Å². The fourth-order valence-electron chi connectivity index (χ4n) is 2.60. The number of halogens is 1. The van der Waals surface area contributed by atoms with Crippen LogP contribution in [0.25, 0.3) is 0 Å². The molecule has 0 aliphatic heterocycles. The van der Waals surface area contributed by atoms with Crippen molar-refractivity contribution in [2.45, 2.75) is 53.0 Å². The van der Waals surface area contributed by atoms with Gasteiger partial charge in [-0.1, -0.05) is 39.3 Å². The van der Waals surface area contributed by atoms with Crippen molar-refractivity contribution in [3.8, 4) is 0 Å². The second-order valence-corrected chi connectivity index (χ2v) is 6.60. The summed E-state index contributed by atoms with van der Waals surface area (Å²) in [5, 5.41) is 0.177. The molecule has 0 spiro atoms. The van der Waals surface area contributed by atoms with Gasteiger partial charge in [0, 0.05) is 6.54 Å². The van der Waals surface area contributed by atoms with Crippen LogP contribution >= 0.6 is 11.6 Å². The van der Waals surface area contributed by atoms with Gasteiger partial charge in [0.05, 0.1) is 5.56 Å². The lowest BCUT2D eigenvalue weighted by Crippen LogP contribution is -2.40. The van der Waals surface area contributed by atoms with Crippen LogP contribution in [0, 0.1) is 11.3 Å². The molecule has 0 radical (unpaired) electrons. The van der Waals surface area contributed by atoms with Crippen LogP contribution in [0.5, 0.6) is 0 Å². The van der Waals surface area contributed by atoms with Crippen LogP contribution in [-0.2, 0) is 6.54 Å². The van der Waals surface area contributed by atoms with Crippen LogP contribution in [0.4, 0.5) is 0 Å². The molecule has 0 unspecified atom stereocenters. The highest BCUT2D eigenvalue weighted by Crippen LogP contribution is 2.52. The topological polar surface area (TPSA) is 54.9 Å². The zero-order valence-corrected chi connectivity index (χ0v) is 12.7. The highest BCUT2D eigenvalue weighted by molar-refractivity contribution is 6.30. The van der Waals surface area contributed by atoms with E-state index in [2.05, 4.69) is 18.8 Å². The predicted molar refractivity (Wildman–Crippen MR) is 76.9 cm³/mol. The fraction of sp³-hybridized carbons (Fsp3) is 0.714. The summed E-state index contributed by atoms with van der Waals surface area (Å²) in [7, 11) is 0. The molecule has 1 saturated carbocycles. The number of aromatic nitrogens is 2. The molecule has 1 aromatic heterocycles. The average Bonchev–Trinajstić information content (AvgIpc) is 3.04. The second kappa shape index (κ2) is 4.82. The Morgan fingerprint density at radius 1 is 1.26 bits per heavy atom. The van der Waals surface area contributed by atoms with Gasteiger partial charge in [-0.2, -0.15) is 0 Å². The summed E-state index contributed by atoms with van der Waals surface area (Å²) < 4.78 is 1.33. The van der Waals surface area contributed by atoms with E-state index in [9.17, 15) is 9.59 Å². The fourth-order valence-corrected chi connectivity index (χ4v) is 2.98. The van der Waals surface area contributed by atoms with Crippen LogP contribution in [-0.4, -0.2) is 9.55 Å². The highest BCUT2D eigenvalue weighted by atomic mass is 35.5. The summed E-state index contributed by atoms with van der Waals surface area (Å²) in [6, 6.07) is 0. The number of H-pyrrole nitrogens is 1. The van der Waals surface area contributed by atoms with Crippen LogP contribution in [0.3, 0.4) is 0 Å². The number of nitrogens with one attached hydrogen (secondary N) is 1. The molecular weight excluding hydrogens is 264 g/mol. The van der Waals surface area contributed by atoms with Crippen LogP contribution < -0.4 is 11.2 Å². The summed E-state index contributed by atoms with van der Waals surface area (Å²) in [6.07, 6.45) is 2.16. The summed E-state index contributed by atoms with van der Waals surface area (Å²) in [5.74, 6) is 0.467. The van der Waals surface area contributed by atoms with Gasteiger partial charge in [-0.15, -0.1) is 0 Å². The van der Waals surface area contributed by atoms with Gasteiger partial charge in [0.1, 0.15) is 5.15 Å². The van der Waals surface area contributed by atoms with Gasteiger partial charge in [0.25, 0.3) is 5.56 Å². The molecule has 1 N–H and O–H groups in total. The third kappa shape index (κ3) is 2.50. The molecule has 0 bridgehead atoms. The Labute approximate surface area is 117 Å². The van der Waals surface area contributed by atoms with Crippen LogP contribution in [0.2, 0.25) is 5.15 Å². The Hall–Kier alpha value is -1.03. The Morgan fingerprint density at radius 3 is 2.26 bits per heavy atom. The lowest BCUT2D eigenvalue weighted by molar-refractivity contribution is 0.298. The minimum Gasteiger partial charge on any atom is -0.297 e. The molecule has 1 aromatic rings. The minimum absolute atomic E-state index is 0.00250. The van der Waals surface area contributed by atoms with Crippen molar-refractivity contribution >= 4 is 11.6 Å². The maximum atomic E-state index is 12.4. The van der Waals surface area contributed by atoms with E-state index in [1.54, 1.807) is 0 Å². The van der Waals surface area contributed by atoms with Gasteiger partial charge >= 0.3 is 5.69 Å². The van der Waals surface area contributed by atoms with Gasteiger partial charge < -0.3 is 0 Å². The van der Waals surface area contributed by atoms with E-state index in [4.69, 9.17) is 11.6 Å². The third-order valence-corrected chi connectivity index (χ3v) is 4.64. The summed E-state index contributed by atoms with van der Waals surface area (Å²) in [6.45, 7) is 8.59. The quantitative estimate of drug-likeness (QED) is 0.865. The Bertz CT molecular complexity index is 594. The summed E-state index contributed by atoms with van der Waals surface area (Å²) >= 11 is 5.98. The van der Waals surface area contributed by atoms with Crippen molar-refractivity contribution in [1.29, 1.82) is 0 Å². The standard InChI is InChI=1S/C14H21ClN2O2/c1-8(2)10-11(15)16-13(19)17(12(10)18)7-14(5-6-14)9(3)4/h8-9H,5-7H2,1-4H3,(H,16,19). The summed E-state index contributed by atoms with van der Waals surface area (Å²) in [5.41, 5.74) is -0.0262. The number of hydrogen-bond acceptors (Lipinski definition) is 2. The Morgan fingerprint density at radius 2 is 1.84 bits per heavy atom. The van der Waals surface area contributed by atoms with Crippen LogP contribution in [0.1, 0.15) is 52.0 Å². The van der Waals surface area contributed by atoms with E-state index in [0.29, 0.717) is 18.0 Å². The summed E-state index contributed by atoms with van der Waals surface area (Å²) in [4.78, 5) is 27.0. The van der Waals surface area contributed by atoms with Gasteiger partial charge in [-0.3, -0.25) is 14.3 Å². The normalized spacial score (nSPS) is 17.2. The number of aromatic amines is 1. The molecule has 1 fully saturated rings. The van der Waals surface area contributed by atoms with E-state index in [1.165, 1.54) is 4.57 Å². The van der Waals surface area contributed by atoms with E-state index in [0.717, 1.165) is 12.8 Å². The van der Waals surface area contributed by atoms with Crippen molar-refractivity contribution < 1.29 is 0 Å². The largest absolute Gasteiger partial charge is 0.329 e. The third-order valence-electron chi connectivity index (χ3n) is 4.34. The number of nitrogens with zero attached hydrogens (tertiary/aromatic N) is 1. The second-order valence-electron chi connectivity index (χ2n) is 6.22. The molecule has 106 valence electrons. The van der Waals surface area contributed by atoms with E-state index >= 15 is 0 Å². The number of hydrogen-bond donors (Lipinski definition) is 1. The highest BCUT2D eigenvalue weighted by Gasteiger charge is 2.46. The molecule has 0 atom stereocenters. The first-order valence-electron chi connectivity index (χ1n) is 6.81. The maximum absolute atomic E-state index is 12.4. The van der Waals surface area contributed by atoms with Crippen molar-refractivity contribution in [2.24, 2.45) is 11.3 Å². The first-order valence-corrected chi connectivity index (χ1v) is 7.19. The molecule has 1 aliphatic rings. The van der Waals surface area contributed by atoms with Crippen molar-refractivity contribution in [3.05, 3.63) is 31.6 Å². The zero-order chi connectivity index (χ0) is 14.4.